The van der Waals surface area contributed by atoms with E-state index in [0.717, 1.165) is 22.3 Å². The number of hydrogen-bond donors (Lipinski definition) is 1. The van der Waals surface area contributed by atoms with E-state index in [1.54, 1.807) is 7.11 Å². The second-order valence-electron chi connectivity index (χ2n) is 4.71. The maximum absolute atomic E-state index is 11.2. The zero-order valence-electron chi connectivity index (χ0n) is 10.1. The van der Waals surface area contributed by atoms with E-state index in [1.807, 2.05) is 24.3 Å². The monoisotopic (exact) mass is 242 g/mol. The molecule has 0 spiro atoms. The molecule has 3 rings (SSSR count). The molecule has 1 unspecified atom stereocenters. The number of carbonyl (C=O) groups is 1. The predicted molar refractivity (Wildman–Crippen MR) is 69.0 cm³/mol. The molecule has 0 fully saturated rings. The van der Waals surface area contributed by atoms with Crippen LogP contribution in [0.3, 0.4) is 0 Å². The molecule has 3 nitrogen and oxygen atoms in total. The average molecular weight is 242 g/mol. The van der Waals surface area contributed by atoms with Gasteiger partial charge in [0.25, 0.3) is 0 Å². The van der Waals surface area contributed by atoms with Crippen LogP contribution in [-0.4, -0.2) is 18.2 Å². The number of carboxylic acid groups (broad SMARTS) is 1. The van der Waals surface area contributed by atoms with Crippen molar-refractivity contribution in [1.82, 2.24) is 0 Å². The molecule has 0 aliphatic heterocycles. The molecule has 0 aromatic heterocycles. The minimum absolute atomic E-state index is 0.348. The van der Waals surface area contributed by atoms with Crippen LogP contribution in [0.25, 0.3) is 10.8 Å². The topological polar surface area (TPSA) is 46.5 Å². The Balaban J connectivity index is 2.27. The lowest BCUT2D eigenvalue weighted by molar-refractivity contribution is -0.141. The van der Waals surface area contributed by atoms with Crippen molar-refractivity contribution in [2.24, 2.45) is 5.92 Å². The van der Waals surface area contributed by atoms with Gasteiger partial charge in [0.1, 0.15) is 5.75 Å². The molecule has 3 heteroatoms. The Morgan fingerprint density at radius 2 is 2.11 bits per heavy atom. The smallest absolute Gasteiger partial charge is 0.307 e. The molecule has 0 radical (unpaired) electrons. The van der Waals surface area contributed by atoms with Gasteiger partial charge < -0.3 is 9.84 Å². The van der Waals surface area contributed by atoms with Gasteiger partial charge in [-0.25, -0.2) is 0 Å². The van der Waals surface area contributed by atoms with Gasteiger partial charge in [-0.2, -0.15) is 0 Å². The van der Waals surface area contributed by atoms with Gasteiger partial charge in [0.2, 0.25) is 0 Å². The molecule has 1 aliphatic carbocycles. The fourth-order valence-corrected chi connectivity index (χ4v) is 2.84. The van der Waals surface area contributed by atoms with Crippen LogP contribution in [0.15, 0.2) is 30.3 Å². The van der Waals surface area contributed by atoms with Crippen molar-refractivity contribution in [2.75, 3.05) is 7.11 Å². The molecule has 1 aliphatic rings. The zero-order valence-corrected chi connectivity index (χ0v) is 10.1. The van der Waals surface area contributed by atoms with E-state index >= 15 is 0 Å². The molecule has 0 saturated carbocycles. The van der Waals surface area contributed by atoms with Gasteiger partial charge in [-0.3, -0.25) is 4.79 Å². The summed E-state index contributed by atoms with van der Waals surface area (Å²) in [5, 5.41) is 11.6. The van der Waals surface area contributed by atoms with Crippen molar-refractivity contribution < 1.29 is 14.6 Å². The van der Waals surface area contributed by atoms with E-state index in [-0.39, 0.29) is 5.92 Å². The molecule has 18 heavy (non-hydrogen) atoms. The SMILES string of the molecule is COc1ccc2cccc3c2c1CC(C(=O)O)C3. The third-order valence-corrected chi connectivity index (χ3v) is 3.68. The van der Waals surface area contributed by atoms with E-state index in [2.05, 4.69) is 6.07 Å². The Kier molecular flexibility index (Phi) is 2.47. The lowest BCUT2D eigenvalue weighted by Gasteiger charge is -2.24. The first-order chi connectivity index (χ1) is 8.70. The molecule has 0 heterocycles. The van der Waals surface area contributed by atoms with Crippen LogP contribution in [-0.2, 0) is 17.6 Å². The molecular weight excluding hydrogens is 228 g/mol. The molecule has 2 aromatic carbocycles. The van der Waals surface area contributed by atoms with E-state index in [1.165, 1.54) is 5.39 Å². The third-order valence-electron chi connectivity index (χ3n) is 3.68. The van der Waals surface area contributed by atoms with Crippen LogP contribution in [0, 0.1) is 5.92 Å². The quantitative estimate of drug-likeness (QED) is 0.880. The number of rotatable bonds is 2. The Bertz CT molecular complexity index is 631. The summed E-state index contributed by atoms with van der Waals surface area (Å²) in [6, 6.07) is 10.0. The second kappa shape index (κ2) is 4.02. The maximum atomic E-state index is 11.2. The molecule has 0 saturated heterocycles. The molecule has 92 valence electrons. The summed E-state index contributed by atoms with van der Waals surface area (Å²) in [5.74, 6) is -0.288. The Morgan fingerprint density at radius 1 is 1.28 bits per heavy atom. The van der Waals surface area contributed by atoms with E-state index < -0.39 is 5.97 Å². The van der Waals surface area contributed by atoms with Crippen molar-refractivity contribution in [3.05, 3.63) is 41.5 Å². The fraction of sp³-hybridized carbons (Fsp3) is 0.267. The van der Waals surface area contributed by atoms with Crippen LogP contribution in [0.5, 0.6) is 5.75 Å². The second-order valence-corrected chi connectivity index (χ2v) is 4.71. The lowest BCUT2D eigenvalue weighted by Crippen LogP contribution is -2.23. The standard InChI is InChI=1S/C15H14O3/c1-18-13-6-5-9-3-2-4-10-7-11(15(16)17)8-12(13)14(9)10/h2-6,11H,7-8H2,1H3,(H,16,17). The summed E-state index contributed by atoms with van der Waals surface area (Å²) >= 11 is 0. The Hall–Kier alpha value is -2.03. The van der Waals surface area contributed by atoms with E-state index in [0.29, 0.717) is 12.8 Å². The number of aliphatic carboxylic acids is 1. The van der Waals surface area contributed by atoms with E-state index in [9.17, 15) is 9.90 Å². The van der Waals surface area contributed by atoms with Crippen molar-refractivity contribution in [1.29, 1.82) is 0 Å². The summed E-state index contributed by atoms with van der Waals surface area (Å²) in [6.45, 7) is 0. The summed E-state index contributed by atoms with van der Waals surface area (Å²) in [4.78, 5) is 11.2. The number of methoxy groups -OCH3 is 1. The first kappa shape index (κ1) is 11.1. The number of benzene rings is 2. The summed E-state index contributed by atoms with van der Waals surface area (Å²) in [6.07, 6.45) is 1.15. The van der Waals surface area contributed by atoms with Crippen molar-refractivity contribution in [2.45, 2.75) is 12.8 Å². The largest absolute Gasteiger partial charge is 0.496 e. The van der Waals surface area contributed by atoms with Crippen LogP contribution >= 0.6 is 0 Å². The highest BCUT2D eigenvalue weighted by atomic mass is 16.5. The molecule has 0 bridgehead atoms. The molecule has 1 atom stereocenters. The Morgan fingerprint density at radius 3 is 2.83 bits per heavy atom. The summed E-state index contributed by atoms with van der Waals surface area (Å²) in [7, 11) is 1.63. The van der Waals surface area contributed by atoms with Gasteiger partial charge >= 0.3 is 5.97 Å². The number of ether oxygens (including phenoxy) is 1. The highest BCUT2D eigenvalue weighted by molar-refractivity contribution is 5.92. The van der Waals surface area contributed by atoms with Crippen LogP contribution in [0.4, 0.5) is 0 Å². The fourth-order valence-electron chi connectivity index (χ4n) is 2.84. The van der Waals surface area contributed by atoms with Crippen molar-refractivity contribution in [3.63, 3.8) is 0 Å². The molecule has 0 amide bonds. The van der Waals surface area contributed by atoms with Crippen molar-refractivity contribution in [3.8, 4) is 5.75 Å². The predicted octanol–water partition coefficient (Wildman–Crippen LogP) is 2.65. The van der Waals surface area contributed by atoms with Gasteiger partial charge in [-0.05, 0) is 35.2 Å². The average Bonchev–Trinajstić information content (AvgIpc) is 2.39. The van der Waals surface area contributed by atoms with Gasteiger partial charge in [0.15, 0.2) is 0 Å². The minimum atomic E-state index is -0.733. The minimum Gasteiger partial charge on any atom is -0.496 e. The zero-order chi connectivity index (χ0) is 12.7. The van der Waals surface area contributed by atoms with Gasteiger partial charge in [-0.15, -0.1) is 0 Å². The summed E-state index contributed by atoms with van der Waals surface area (Å²) < 4.78 is 5.37. The first-order valence-electron chi connectivity index (χ1n) is 6.01. The van der Waals surface area contributed by atoms with Crippen LogP contribution < -0.4 is 4.74 Å². The number of carboxylic acids is 1. The van der Waals surface area contributed by atoms with Gasteiger partial charge in [0, 0.05) is 5.56 Å². The normalized spacial score (nSPS) is 17.7. The van der Waals surface area contributed by atoms with Gasteiger partial charge in [-0.1, -0.05) is 24.3 Å². The summed E-state index contributed by atoms with van der Waals surface area (Å²) in [5.41, 5.74) is 2.14. The van der Waals surface area contributed by atoms with Crippen molar-refractivity contribution >= 4 is 16.7 Å². The molecule has 1 N–H and O–H groups in total. The first-order valence-corrected chi connectivity index (χ1v) is 6.01. The van der Waals surface area contributed by atoms with Crippen LogP contribution in [0.2, 0.25) is 0 Å². The lowest BCUT2D eigenvalue weighted by atomic mass is 9.81. The molecule has 2 aromatic rings. The van der Waals surface area contributed by atoms with Crippen LogP contribution in [0.1, 0.15) is 11.1 Å². The van der Waals surface area contributed by atoms with E-state index in [4.69, 9.17) is 4.74 Å². The Labute approximate surface area is 105 Å². The van der Waals surface area contributed by atoms with Gasteiger partial charge in [0.05, 0.1) is 13.0 Å². The third kappa shape index (κ3) is 1.55. The maximum Gasteiger partial charge on any atom is 0.307 e. The molecular formula is C15H14O3. The number of hydrogen-bond acceptors (Lipinski definition) is 2. The highest BCUT2D eigenvalue weighted by Gasteiger charge is 2.27. The highest BCUT2D eigenvalue weighted by Crippen LogP contribution is 2.37.